The second-order valence-corrected chi connectivity index (χ2v) is 10.6. The molecule has 10 heteroatoms. The van der Waals surface area contributed by atoms with Crippen molar-refractivity contribution in [1.29, 1.82) is 0 Å². The largest absolute Gasteiger partial charge is 0.497 e. The summed E-state index contributed by atoms with van der Waals surface area (Å²) in [6, 6.07) is 17.9. The summed E-state index contributed by atoms with van der Waals surface area (Å²) >= 11 is 1.32. The number of rotatable bonds is 14. The van der Waals surface area contributed by atoms with E-state index in [4.69, 9.17) is 9.47 Å². The number of hydrogen-bond acceptors (Lipinski definition) is 7. The smallest absolute Gasteiger partial charge is 0.330 e. The Hall–Kier alpha value is -4.31. The minimum absolute atomic E-state index is 0.0447. The lowest BCUT2D eigenvalue weighted by molar-refractivity contribution is -0.132. The number of carboxylic acids is 1. The van der Waals surface area contributed by atoms with Crippen molar-refractivity contribution in [3.05, 3.63) is 83.6 Å². The molecule has 2 amide bonds. The highest BCUT2D eigenvalue weighted by Crippen LogP contribution is 2.25. The first-order valence-corrected chi connectivity index (χ1v) is 14.1. The molecule has 41 heavy (non-hydrogen) atoms. The highest BCUT2D eigenvalue weighted by atomic mass is 32.2. The second-order valence-electron chi connectivity index (χ2n) is 9.58. The van der Waals surface area contributed by atoms with E-state index in [9.17, 15) is 24.3 Å². The van der Waals surface area contributed by atoms with Gasteiger partial charge in [0.2, 0.25) is 11.8 Å². The summed E-state index contributed by atoms with van der Waals surface area (Å²) < 4.78 is 10.5. The third-order valence-corrected chi connectivity index (χ3v) is 7.28. The van der Waals surface area contributed by atoms with E-state index in [2.05, 4.69) is 10.6 Å². The molecule has 3 rings (SSSR count). The number of ether oxygens (including phenoxy) is 2. The number of thioether (sulfide) groups is 1. The van der Waals surface area contributed by atoms with Crippen molar-refractivity contribution in [3.63, 3.8) is 0 Å². The lowest BCUT2D eigenvalue weighted by Gasteiger charge is -2.22. The Morgan fingerprint density at radius 2 is 1.68 bits per heavy atom. The van der Waals surface area contributed by atoms with Gasteiger partial charge >= 0.3 is 5.97 Å². The predicted octanol–water partition coefficient (Wildman–Crippen LogP) is 4.13. The maximum Gasteiger partial charge on any atom is 0.330 e. The van der Waals surface area contributed by atoms with E-state index >= 15 is 0 Å². The summed E-state index contributed by atoms with van der Waals surface area (Å²) in [5, 5.41) is 16.6. The van der Waals surface area contributed by atoms with E-state index in [0.29, 0.717) is 28.9 Å². The van der Waals surface area contributed by atoms with E-state index in [1.165, 1.54) is 26.0 Å². The fourth-order valence-electron chi connectivity index (χ4n) is 4.22. The van der Waals surface area contributed by atoms with Crippen molar-refractivity contribution in [1.82, 2.24) is 10.6 Å². The van der Waals surface area contributed by atoms with Crippen molar-refractivity contribution in [2.75, 3.05) is 20.0 Å². The van der Waals surface area contributed by atoms with E-state index < -0.39 is 29.6 Å². The number of carbonyl (C=O) groups is 4. The molecule has 0 aliphatic rings. The van der Waals surface area contributed by atoms with Gasteiger partial charge in [-0.2, -0.15) is 0 Å². The molecular formula is C31H34N2O7S. The van der Waals surface area contributed by atoms with Crippen LogP contribution in [-0.2, 0) is 31.4 Å². The number of allylic oxidation sites excluding steroid dienone is 1. The SMILES string of the molecule is COc1ccc(OC)c(CC(=O)N[C@H](C(=O)N/C(=C/C(=O)O)C(=O)CSCc2cccc3ccccc23)C(C)C)c1. The minimum atomic E-state index is -1.37. The van der Waals surface area contributed by atoms with Gasteiger partial charge in [0.1, 0.15) is 17.5 Å². The van der Waals surface area contributed by atoms with Gasteiger partial charge in [0.25, 0.3) is 0 Å². The first-order valence-electron chi connectivity index (χ1n) is 13.0. The molecule has 9 nitrogen and oxygen atoms in total. The van der Waals surface area contributed by atoms with Crippen LogP contribution in [0.5, 0.6) is 11.5 Å². The van der Waals surface area contributed by atoms with E-state index in [0.717, 1.165) is 16.3 Å². The molecule has 0 fully saturated rings. The van der Waals surface area contributed by atoms with Crippen LogP contribution in [-0.4, -0.2) is 54.7 Å². The summed E-state index contributed by atoms with van der Waals surface area (Å²) in [5.41, 5.74) is 1.27. The molecule has 0 aromatic heterocycles. The van der Waals surface area contributed by atoms with Crippen LogP contribution in [0.4, 0.5) is 0 Å². The topological polar surface area (TPSA) is 131 Å². The van der Waals surface area contributed by atoms with Crippen LogP contribution in [0.25, 0.3) is 10.8 Å². The Kier molecular flexibility index (Phi) is 11.3. The second kappa shape index (κ2) is 14.9. The molecular weight excluding hydrogens is 544 g/mol. The molecule has 0 saturated carbocycles. The number of carboxylic acid groups (broad SMARTS) is 1. The number of Topliss-reactive ketones (excluding diaryl/α,β-unsaturated/α-hetero) is 1. The Morgan fingerprint density at radius 3 is 2.37 bits per heavy atom. The van der Waals surface area contributed by atoms with Crippen molar-refractivity contribution in [2.24, 2.45) is 5.92 Å². The molecule has 0 saturated heterocycles. The third-order valence-electron chi connectivity index (χ3n) is 6.30. The van der Waals surface area contributed by atoms with Gasteiger partial charge in [0, 0.05) is 11.3 Å². The van der Waals surface area contributed by atoms with Crippen LogP contribution < -0.4 is 20.1 Å². The zero-order chi connectivity index (χ0) is 29.9. The molecule has 3 aromatic carbocycles. The van der Waals surface area contributed by atoms with Gasteiger partial charge < -0.3 is 25.2 Å². The standard InChI is InChI=1S/C31H34N2O7S/c1-19(2)30(33-28(35)15-22-14-23(39-3)12-13-27(22)40-4)31(38)32-25(16-29(36)37)26(34)18-41-17-21-10-7-9-20-8-5-6-11-24(20)21/h5-14,16,19,30H,15,17-18H2,1-4H3,(H,32,38)(H,33,35)(H,36,37)/b25-16+/t30-/m0/s1. The molecule has 0 heterocycles. The van der Waals surface area contributed by atoms with Gasteiger partial charge in [0.05, 0.1) is 38.2 Å². The summed E-state index contributed by atoms with van der Waals surface area (Å²) in [7, 11) is 3.00. The first kappa shape index (κ1) is 31.2. The molecule has 0 aliphatic carbocycles. The van der Waals surface area contributed by atoms with Crippen LogP contribution >= 0.6 is 11.8 Å². The van der Waals surface area contributed by atoms with E-state index in [1.807, 2.05) is 42.5 Å². The summed E-state index contributed by atoms with van der Waals surface area (Å²) in [6.45, 7) is 3.47. The van der Waals surface area contributed by atoms with E-state index in [1.54, 1.807) is 32.0 Å². The van der Waals surface area contributed by atoms with Crippen LogP contribution in [0.15, 0.2) is 72.4 Å². The minimum Gasteiger partial charge on any atom is -0.497 e. The number of hydrogen-bond donors (Lipinski definition) is 3. The number of aliphatic carboxylic acids is 1. The van der Waals surface area contributed by atoms with Crippen LogP contribution in [0.3, 0.4) is 0 Å². The monoisotopic (exact) mass is 578 g/mol. The molecule has 0 spiro atoms. The number of amides is 2. The molecule has 1 atom stereocenters. The maximum absolute atomic E-state index is 13.2. The molecule has 3 aromatic rings. The van der Waals surface area contributed by atoms with Gasteiger partial charge in [-0.25, -0.2) is 4.79 Å². The van der Waals surface area contributed by atoms with Gasteiger partial charge in [-0.05, 0) is 40.5 Å². The average molecular weight is 579 g/mol. The molecule has 0 radical (unpaired) electrons. The fraction of sp³-hybridized carbons (Fsp3) is 0.290. The number of fused-ring (bicyclic) bond motifs is 1. The maximum atomic E-state index is 13.2. The molecule has 0 aliphatic heterocycles. The summed E-state index contributed by atoms with van der Waals surface area (Å²) in [4.78, 5) is 50.5. The summed E-state index contributed by atoms with van der Waals surface area (Å²) in [5.74, 6) is -1.89. The highest BCUT2D eigenvalue weighted by Gasteiger charge is 2.27. The zero-order valence-corrected chi connectivity index (χ0v) is 24.2. The Labute approximate surface area is 243 Å². The van der Waals surface area contributed by atoms with Crippen molar-refractivity contribution >= 4 is 46.1 Å². The predicted molar refractivity (Wildman–Crippen MR) is 159 cm³/mol. The third kappa shape index (κ3) is 8.84. The first-order chi connectivity index (χ1) is 19.6. The van der Waals surface area contributed by atoms with Crippen LogP contribution in [0.1, 0.15) is 25.0 Å². The molecule has 0 bridgehead atoms. The van der Waals surface area contributed by atoms with Crippen molar-refractivity contribution in [2.45, 2.75) is 32.1 Å². The van der Waals surface area contributed by atoms with Crippen molar-refractivity contribution < 1.29 is 33.8 Å². The molecule has 3 N–H and O–H groups in total. The van der Waals surface area contributed by atoms with Gasteiger partial charge in [-0.15, -0.1) is 11.8 Å². The fourth-order valence-corrected chi connectivity index (χ4v) is 5.14. The molecule has 216 valence electrons. The number of ketones is 1. The van der Waals surface area contributed by atoms with Crippen LogP contribution in [0.2, 0.25) is 0 Å². The van der Waals surface area contributed by atoms with Crippen molar-refractivity contribution in [3.8, 4) is 11.5 Å². The Balaban J connectivity index is 1.66. The number of benzene rings is 3. The number of nitrogens with one attached hydrogen (secondary N) is 2. The van der Waals surface area contributed by atoms with Gasteiger partial charge in [0.15, 0.2) is 5.78 Å². The molecule has 0 unspecified atom stereocenters. The summed E-state index contributed by atoms with van der Waals surface area (Å²) in [6.07, 6.45) is 0.595. The average Bonchev–Trinajstić information content (AvgIpc) is 2.95. The highest BCUT2D eigenvalue weighted by molar-refractivity contribution is 7.99. The van der Waals surface area contributed by atoms with E-state index in [-0.39, 0.29) is 23.8 Å². The van der Waals surface area contributed by atoms with Gasteiger partial charge in [-0.1, -0.05) is 56.3 Å². The number of methoxy groups -OCH3 is 2. The van der Waals surface area contributed by atoms with Crippen LogP contribution in [0, 0.1) is 5.92 Å². The number of carbonyl (C=O) groups excluding carboxylic acids is 3. The quantitative estimate of drug-likeness (QED) is 0.244. The van der Waals surface area contributed by atoms with Gasteiger partial charge in [-0.3, -0.25) is 14.4 Å². The normalized spacial score (nSPS) is 12.1. The lowest BCUT2D eigenvalue weighted by Crippen LogP contribution is -2.50. The zero-order valence-electron chi connectivity index (χ0n) is 23.4. The lowest BCUT2D eigenvalue weighted by atomic mass is 10.0. The Morgan fingerprint density at radius 1 is 0.951 bits per heavy atom. The Bertz CT molecular complexity index is 1450.